The van der Waals surface area contributed by atoms with E-state index in [1.54, 1.807) is 0 Å². The van der Waals surface area contributed by atoms with Crippen molar-refractivity contribution in [3.8, 4) is 0 Å². The van der Waals surface area contributed by atoms with Gasteiger partial charge in [-0.3, -0.25) is 0 Å². The molecule has 0 aromatic carbocycles. The van der Waals surface area contributed by atoms with Crippen LogP contribution in [0.25, 0.3) is 0 Å². The molecule has 0 aliphatic rings. The molecule has 0 bridgehead atoms. The lowest BCUT2D eigenvalue weighted by atomic mass is 10.2. The van der Waals surface area contributed by atoms with E-state index in [0.29, 0.717) is 12.6 Å². The fourth-order valence-corrected chi connectivity index (χ4v) is 2.58. The molecule has 0 unspecified atom stereocenters. The molecule has 0 aromatic rings. The number of unbranched alkanes of at least 4 members (excludes halogenated alkanes) is 8. The zero-order valence-electron chi connectivity index (χ0n) is 18.7. The minimum Gasteiger partial charge on any atom is -0.491 e. The van der Waals surface area contributed by atoms with Crippen molar-refractivity contribution in [2.75, 3.05) is 26.6 Å². The summed E-state index contributed by atoms with van der Waals surface area (Å²) >= 11 is 0. The van der Waals surface area contributed by atoms with Gasteiger partial charge in [-0.25, -0.2) is 0 Å². The monoisotopic (exact) mass is 386 g/mol. The Labute approximate surface area is 169 Å². The second kappa shape index (κ2) is 21.4. The third-order valence-electron chi connectivity index (χ3n) is 4.41. The summed E-state index contributed by atoms with van der Waals surface area (Å²) < 4.78 is 23.4. The van der Waals surface area contributed by atoms with Crippen molar-refractivity contribution in [2.45, 2.75) is 111 Å². The summed E-state index contributed by atoms with van der Waals surface area (Å²) in [6.07, 6.45) is 14.8. The molecule has 0 amide bonds. The average molecular weight is 387 g/mol. The second-order valence-electron chi connectivity index (χ2n) is 7.16. The number of rotatable bonds is 21. The van der Waals surface area contributed by atoms with Crippen LogP contribution < -0.4 is 0 Å². The highest BCUT2D eigenvalue weighted by molar-refractivity contribution is 4.95. The van der Waals surface area contributed by atoms with Crippen LogP contribution in [0, 0.1) is 0 Å². The minimum absolute atomic E-state index is 0.240. The molecular weight excluding hydrogens is 340 g/mol. The van der Waals surface area contributed by atoms with E-state index in [2.05, 4.69) is 27.7 Å². The van der Waals surface area contributed by atoms with Gasteiger partial charge in [-0.05, 0) is 25.7 Å². The molecule has 27 heavy (non-hydrogen) atoms. The van der Waals surface area contributed by atoms with Crippen LogP contribution in [0.1, 0.15) is 111 Å². The normalized spacial score (nSPS) is 12.0. The number of allylic oxidation sites excluding steroid dienone is 1. The lowest BCUT2D eigenvalue weighted by Gasteiger charge is -2.18. The molecule has 0 heterocycles. The van der Waals surface area contributed by atoms with Crippen LogP contribution in [-0.2, 0) is 18.9 Å². The predicted molar refractivity (Wildman–Crippen MR) is 114 cm³/mol. The standard InChI is InChI=1S/C23H46O4/c1-5-9-13-14-16-18-24-21-27-23(26-20-12-8-4)22(17-15-10-6-2)25-19-11-7-3/h5-21H2,1-4H3. The first kappa shape index (κ1) is 26.1. The number of ether oxygens (including phenoxy) is 4. The summed E-state index contributed by atoms with van der Waals surface area (Å²) in [6.45, 7) is 11.2. The lowest BCUT2D eigenvalue weighted by Crippen LogP contribution is -2.10. The van der Waals surface area contributed by atoms with Crippen molar-refractivity contribution in [3.63, 3.8) is 0 Å². The zero-order valence-corrected chi connectivity index (χ0v) is 18.7. The van der Waals surface area contributed by atoms with Crippen LogP contribution in [0.3, 0.4) is 0 Å². The topological polar surface area (TPSA) is 36.9 Å². The molecule has 0 saturated heterocycles. The van der Waals surface area contributed by atoms with E-state index in [9.17, 15) is 0 Å². The van der Waals surface area contributed by atoms with Gasteiger partial charge in [-0.15, -0.1) is 0 Å². The maximum absolute atomic E-state index is 6.02. The van der Waals surface area contributed by atoms with Crippen molar-refractivity contribution >= 4 is 0 Å². The molecule has 0 saturated carbocycles. The van der Waals surface area contributed by atoms with E-state index in [1.165, 1.54) is 38.5 Å². The molecule has 0 aliphatic heterocycles. The number of hydrogen-bond acceptors (Lipinski definition) is 4. The van der Waals surface area contributed by atoms with E-state index in [-0.39, 0.29) is 6.79 Å². The van der Waals surface area contributed by atoms with Gasteiger partial charge in [-0.1, -0.05) is 79.1 Å². The van der Waals surface area contributed by atoms with Gasteiger partial charge in [0.2, 0.25) is 0 Å². The molecular formula is C23H46O4. The first-order valence-electron chi connectivity index (χ1n) is 11.5. The summed E-state index contributed by atoms with van der Waals surface area (Å²) in [5.41, 5.74) is 0. The fraction of sp³-hybridized carbons (Fsp3) is 0.913. The highest BCUT2D eigenvalue weighted by Gasteiger charge is 2.13. The lowest BCUT2D eigenvalue weighted by molar-refractivity contribution is -0.0844. The third kappa shape index (κ3) is 17.0. The summed E-state index contributed by atoms with van der Waals surface area (Å²) in [4.78, 5) is 0. The van der Waals surface area contributed by atoms with Crippen molar-refractivity contribution in [1.29, 1.82) is 0 Å². The summed E-state index contributed by atoms with van der Waals surface area (Å²) in [6, 6.07) is 0. The van der Waals surface area contributed by atoms with Gasteiger partial charge in [0.1, 0.15) is 0 Å². The summed E-state index contributed by atoms with van der Waals surface area (Å²) in [5, 5.41) is 0. The highest BCUT2D eigenvalue weighted by Crippen LogP contribution is 2.19. The van der Waals surface area contributed by atoms with E-state index >= 15 is 0 Å². The van der Waals surface area contributed by atoms with E-state index in [4.69, 9.17) is 18.9 Å². The molecule has 4 nitrogen and oxygen atoms in total. The van der Waals surface area contributed by atoms with Crippen LogP contribution in [0.2, 0.25) is 0 Å². The fourth-order valence-electron chi connectivity index (χ4n) is 2.58. The van der Waals surface area contributed by atoms with Crippen LogP contribution in [0.5, 0.6) is 0 Å². The van der Waals surface area contributed by atoms with Gasteiger partial charge in [0, 0.05) is 6.42 Å². The second-order valence-corrected chi connectivity index (χ2v) is 7.16. The van der Waals surface area contributed by atoms with E-state index in [0.717, 1.165) is 63.9 Å². The SMILES string of the molecule is CCCCCCCOCOC(OCCCC)=C(CCCCC)OCCCC. The Hall–Kier alpha value is -0.900. The largest absolute Gasteiger partial charge is 0.491 e. The van der Waals surface area contributed by atoms with Crippen LogP contribution in [-0.4, -0.2) is 26.6 Å². The molecule has 0 spiro atoms. The summed E-state index contributed by atoms with van der Waals surface area (Å²) in [7, 11) is 0. The Morgan fingerprint density at radius 2 is 1.11 bits per heavy atom. The van der Waals surface area contributed by atoms with Crippen molar-refractivity contribution in [3.05, 3.63) is 11.7 Å². The van der Waals surface area contributed by atoms with Crippen LogP contribution in [0.4, 0.5) is 0 Å². The van der Waals surface area contributed by atoms with Gasteiger partial charge in [0.05, 0.1) is 19.8 Å². The number of hydrogen-bond donors (Lipinski definition) is 0. The molecule has 0 atom stereocenters. The van der Waals surface area contributed by atoms with Gasteiger partial charge >= 0.3 is 5.95 Å². The molecule has 4 heteroatoms. The Bertz CT molecular complexity index is 316. The van der Waals surface area contributed by atoms with Gasteiger partial charge in [0.25, 0.3) is 0 Å². The predicted octanol–water partition coefficient (Wildman–Crippen LogP) is 7.33. The van der Waals surface area contributed by atoms with Gasteiger partial charge < -0.3 is 18.9 Å². The van der Waals surface area contributed by atoms with E-state index in [1.807, 2.05) is 0 Å². The summed E-state index contributed by atoms with van der Waals surface area (Å²) in [5.74, 6) is 1.40. The quantitative estimate of drug-likeness (QED) is 0.117. The zero-order chi connectivity index (χ0) is 20.0. The molecule has 0 rings (SSSR count). The maximum Gasteiger partial charge on any atom is 0.321 e. The Morgan fingerprint density at radius 1 is 0.519 bits per heavy atom. The molecule has 162 valence electrons. The maximum atomic E-state index is 6.02. The average Bonchev–Trinajstić information content (AvgIpc) is 2.68. The Kier molecular flexibility index (Phi) is 20.7. The van der Waals surface area contributed by atoms with Crippen LogP contribution in [0.15, 0.2) is 11.7 Å². The molecule has 0 aliphatic carbocycles. The van der Waals surface area contributed by atoms with Crippen molar-refractivity contribution in [2.24, 2.45) is 0 Å². The Morgan fingerprint density at radius 3 is 1.78 bits per heavy atom. The first-order valence-corrected chi connectivity index (χ1v) is 11.5. The highest BCUT2D eigenvalue weighted by atomic mass is 16.7. The van der Waals surface area contributed by atoms with Gasteiger partial charge in [0.15, 0.2) is 12.6 Å². The van der Waals surface area contributed by atoms with E-state index < -0.39 is 0 Å². The van der Waals surface area contributed by atoms with Crippen molar-refractivity contribution < 1.29 is 18.9 Å². The van der Waals surface area contributed by atoms with Crippen LogP contribution >= 0.6 is 0 Å². The third-order valence-corrected chi connectivity index (χ3v) is 4.41. The molecule has 0 N–H and O–H groups in total. The van der Waals surface area contributed by atoms with Gasteiger partial charge in [-0.2, -0.15) is 0 Å². The smallest absolute Gasteiger partial charge is 0.321 e. The van der Waals surface area contributed by atoms with Crippen molar-refractivity contribution in [1.82, 2.24) is 0 Å². The minimum atomic E-state index is 0.240. The Balaban J connectivity index is 4.51. The molecule has 0 aromatic heterocycles. The first-order chi connectivity index (χ1) is 13.3. The molecule has 0 fully saturated rings. The molecule has 0 radical (unpaired) electrons.